The number of benzene rings is 2. The van der Waals surface area contributed by atoms with Crippen LogP contribution in [0.3, 0.4) is 0 Å². The summed E-state index contributed by atoms with van der Waals surface area (Å²) in [5, 5.41) is 3.03. The van der Waals surface area contributed by atoms with Crippen LogP contribution in [0.15, 0.2) is 46.9 Å². The number of nitrogens with zero attached hydrogens (tertiary/aromatic N) is 1. The number of carbonyl (C=O) groups excluding carboxylic acids is 1. The van der Waals surface area contributed by atoms with Gasteiger partial charge in [-0.15, -0.1) is 0 Å². The van der Waals surface area contributed by atoms with Gasteiger partial charge < -0.3 is 5.32 Å². The molecule has 0 aromatic heterocycles. The van der Waals surface area contributed by atoms with E-state index in [9.17, 15) is 4.79 Å². The molecule has 3 rings (SSSR count). The second-order valence-corrected chi connectivity index (χ2v) is 7.45. The topological polar surface area (TPSA) is 32.3 Å². The minimum Gasteiger partial charge on any atom is -0.325 e. The molecular weight excluding hydrogens is 364 g/mol. The van der Waals surface area contributed by atoms with Crippen molar-refractivity contribution < 1.29 is 4.79 Å². The number of fused-ring (bicyclic) bond motifs is 1. The molecule has 1 aliphatic rings. The Kier molecular flexibility index (Phi) is 5.36. The van der Waals surface area contributed by atoms with Crippen molar-refractivity contribution in [2.45, 2.75) is 32.2 Å². The number of hydrogen-bond donors (Lipinski definition) is 1. The summed E-state index contributed by atoms with van der Waals surface area (Å²) in [7, 11) is 2.04. The van der Waals surface area contributed by atoms with Gasteiger partial charge in [-0.05, 0) is 68.1 Å². The third kappa shape index (κ3) is 3.87. The molecule has 126 valence electrons. The maximum Gasteiger partial charge on any atom is 0.238 e. The van der Waals surface area contributed by atoms with Crippen molar-refractivity contribution in [2.75, 3.05) is 18.9 Å². The van der Waals surface area contributed by atoms with Gasteiger partial charge in [-0.25, -0.2) is 0 Å². The van der Waals surface area contributed by atoms with E-state index in [0.29, 0.717) is 12.6 Å². The average Bonchev–Trinajstić information content (AvgIpc) is 2.57. The number of likely N-dealkylation sites (N-methyl/N-ethyl adjacent to an activating group) is 1. The quantitative estimate of drug-likeness (QED) is 0.825. The van der Waals surface area contributed by atoms with Gasteiger partial charge in [0.1, 0.15) is 0 Å². The molecule has 0 saturated heterocycles. The molecule has 0 radical (unpaired) electrons. The molecule has 24 heavy (non-hydrogen) atoms. The van der Waals surface area contributed by atoms with Crippen LogP contribution in [-0.2, 0) is 11.2 Å². The highest BCUT2D eigenvalue weighted by Gasteiger charge is 2.24. The van der Waals surface area contributed by atoms with Crippen molar-refractivity contribution in [1.29, 1.82) is 0 Å². The first-order chi connectivity index (χ1) is 11.5. The number of anilines is 1. The second-order valence-electron chi connectivity index (χ2n) is 6.53. The van der Waals surface area contributed by atoms with Gasteiger partial charge in [0.2, 0.25) is 5.91 Å². The standard InChI is InChI=1S/C20H23BrN2O/c1-14-12-16(21)10-11-18(14)22-20(24)13-23(2)19-9-5-7-15-6-3-4-8-17(15)19/h3-4,6,8,10-12,19H,5,7,9,13H2,1-2H3,(H,22,24). The van der Waals surface area contributed by atoms with Crippen molar-refractivity contribution in [2.24, 2.45) is 0 Å². The van der Waals surface area contributed by atoms with Crippen LogP contribution in [-0.4, -0.2) is 24.4 Å². The van der Waals surface area contributed by atoms with E-state index in [1.807, 2.05) is 32.2 Å². The van der Waals surface area contributed by atoms with E-state index in [0.717, 1.165) is 28.6 Å². The van der Waals surface area contributed by atoms with E-state index in [2.05, 4.69) is 50.4 Å². The summed E-state index contributed by atoms with van der Waals surface area (Å²) >= 11 is 3.45. The monoisotopic (exact) mass is 386 g/mol. The van der Waals surface area contributed by atoms with Crippen molar-refractivity contribution >= 4 is 27.5 Å². The molecule has 0 fully saturated rings. The Morgan fingerprint density at radius 3 is 2.88 bits per heavy atom. The normalized spacial score (nSPS) is 16.8. The van der Waals surface area contributed by atoms with Crippen LogP contribution >= 0.6 is 15.9 Å². The number of amides is 1. The molecule has 0 saturated carbocycles. The summed E-state index contributed by atoms with van der Waals surface area (Å²) < 4.78 is 1.02. The van der Waals surface area contributed by atoms with Gasteiger partial charge in [-0.1, -0.05) is 40.2 Å². The first-order valence-electron chi connectivity index (χ1n) is 8.38. The molecule has 2 aromatic rings. The van der Waals surface area contributed by atoms with Crippen LogP contribution in [0.5, 0.6) is 0 Å². The maximum absolute atomic E-state index is 12.5. The fourth-order valence-electron chi connectivity index (χ4n) is 3.48. The minimum absolute atomic E-state index is 0.0333. The van der Waals surface area contributed by atoms with Gasteiger partial charge >= 0.3 is 0 Å². The predicted octanol–water partition coefficient (Wildman–Crippen LogP) is 4.71. The van der Waals surface area contributed by atoms with Crippen LogP contribution in [0.4, 0.5) is 5.69 Å². The second kappa shape index (κ2) is 7.49. The number of hydrogen-bond acceptors (Lipinski definition) is 2. The zero-order valence-electron chi connectivity index (χ0n) is 14.2. The van der Waals surface area contributed by atoms with Crippen LogP contribution < -0.4 is 5.32 Å². The van der Waals surface area contributed by atoms with Gasteiger partial charge in [0.25, 0.3) is 0 Å². The first kappa shape index (κ1) is 17.2. The zero-order valence-corrected chi connectivity index (χ0v) is 15.8. The molecule has 3 nitrogen and oxygen atoms in total. The summed E-state index contributed by atoms with van der Waals surface area (Å²) in [6.45, 7) is 2.40. The largest absolute Gasteiger partial charge is 0.325 e. The molecule has 1 unspecified atom stereocenters. The van der Waals surface area contributed by atoms with Gasteiger partial charge in [0.15, 0.2) is 0 Å². The Hall–Kier alpha value is -1.65. The fraction of sp³-hybridized carbons (Fsp3) is 0.350. The predicted molar refractivity (Wildman–Crippen MR) is 102 cm³/mol. The van der Waals surface area contributed by atoms with Crippen LogP contribution in [0, 0.1) is 6.92 Å². The Bertz CT molecular complexity index is 744. The molecule has 4 heteroatoms. The third-order valence-corrected chi connectivity index (χ3v) is 5.22. The van der Waals surface area contributed by atoms with Gasteiger partial charge in [0, 0.05) is 16.2 Å². The van der Waals surface area contributed by atoms with E-state index >= 15 is 0 Å². The van der Waals surface area contributed by atoms with Gasteiger partial charge in [0.05, 0.1) is 6.54 Å². The Morgan fingerprint density at radius 1 is 1.29 bits per heavy atom. The molecular formula is C20H23BrN2O. The highest BCUT2D eigenvalue weighted by Crippen LogP contribution is 2.33. The average molecular weight is 387 g/mol. The molecule has 0 heterocycles. The summed E-state index contributed by atoms with van der Waals surface area (Å²) in [6, 6.07) is 14.8. The maximum atomic E-state index is 12.5. The molecule has 0 bridgehead atoms. The summed E-state index contributed by atoms with van der Waals surface area (Å²) in [6.07, 6.45) is 3.43. The molecule has 2 aromatic carbocycles. The number of carbonyl (C=O) groups is 1. The first-order valence-corrected chi connectivity index (χ1v) is 9.18. The van der Waals surface area contributed by atoms with E-state index < -0.39 is 0 Å². The van der Waals surface area contributed by atoms with Gasteiger partial charge in [-0.3, -0.25) is 9.69 Å². The Balaban J connectivity index is 1.67. The lowest BCUT2D eigenvalue weighted by Crippen LogP contribution is -2.35. The summed E-state index contributed by atoms with van der Waals surface area (Å²) in [5.41, 5.74) is 4.73. The molecule has 1 atom stereocenters. The van der Waals surface area contributed by atoms with Gasteiger partial charge in [-0.2, -0.15) is 0 Å². The summed E-state index contributed by atoms with van der Waals surface area (Å²) in [4.78, 5) is 14.6. The lowest BCUT2D eigenvalue weighted by Gasteiger charge is -2.32. The SMILES string of the molecule is Cc1cc(Br)ccc1NC(=O)CN(C)C1CCCc2ccccc21. The number of aryl methyl sites for hydroxylation is 2. The van der Waals surface area contributed by atoms with Crippen molar-refractivity contribution in [1.82, 2.24) is 4.90 Å². The van der Waals surface area contributed by atoms with Crippen molar-refractivity contribution in [3.05, 3.63) is 63.6 Å². The van der Waals surface area contributed by atoms with E-state index in [4.69, 9.17) is 0 Å². The Morgan fingerprint density at radius 2 is 2.08 bits per heavy atom. The number of rotatable bonds is 4. The van der Waals surface area contributed by atoms with Crippen LogP contribution in [0.2, 0.25) is 0 Å². The number of nitrogens with one attached hydrogen (secondary N) is 1. The van der Waals surface area contributed by atoms with E-state index in [1.165, 1.54) is 17.5 Å². The molecule has 0 spiro atoms. The minimum atomic E-state index is 0.0333. The Labute approximate surface area is 152 Å². The smallest absolute Gasteiger partial charge is 0.238 e. The molecule has 1 N–H and O–H groups in total. The molecule has 1 aliphatic carbocycles. The van der Waals surface area contributed by atoms with Crippen LogP contribution in [0.25, 0.3) is 0 Å². The van der Waals surface area contributed by atoms with E-state index in [1.54, 1.807) is 0 Å². The zero-order chi connectivity index (χ0) is 17.1. The van der Waals surface area contributed by atoms with Crippen LogP contribution in [0.1, 0.15) is 35.6 Å². The van der Waals surface area contributed by atoms with Crippen molar-refractivity contribution in [3.63, 3.8) is 0 Å². The third-order valence-electron chi connectivity index (χ3n) is 4.73. The fourth-order valence-corrected chi connectivity index (χ4v) is 3.96. The molecule has 0 aliphatic heterocycles. The lowest BCUT2D eigenvalue weighted by atomic mass is 9.87. The summed E-state index contributed by atoms with van der Waals surface area (Å²) in [5.74, 6) is 0.0333. The molecule has 1 amide bonds. The highest BCUT2D eigenvalue weighted by atomic mass is 79.9. The lowest BCUT2D eigenvalue weighted by molar-refractivity contribution is -0.117. The highest BCUT2D eigenvalue weighted by molar-refractivity contribution is 9.10. The van der Waals surface area contributed by atoms with Crippen molar-refractivity contribution in [3.8, 4) is 0 Å². The van der Waals surface area contributed by atoms with E-state index in [-0.39, 0.29) is 5.91 Å². The number of halogens is 1.